The predicted molar refractivity (Wildman–Crippen MR) is 125 cm³/mol. The number of hydrogen-bond acceptors (Lipinski definition) is 7. The third kappa shape index (κ3) is 2.67. The zero-order valence-electron chi connectivity index (χ0n) is 18.2. The molecule has 0 aliphatic carbocycles. The van der Waals surface area contributed by atoms with Crippen LogP contribution in [-0.4, -0.2) is 49.3 Å². The molecule has 168 valence electrons. The Morgan fingerprint density at radius 2 is 1.97 bits per heavy atom. The molecule has 0 saturated carbocycles. The highest BCUT2D eigenvalue weighted by molar-refractivity contribution is 6.41. The Kier molecular flexibility index (Phi) is 4.36. The molecule has 6 rings (SSSR count). The molecule has 0 bridgehead atoms. The van der Waals surface area contributed by atoms with Crippen LogP contribution in [0.15, 0.2) is 64.1 Å². The van der Waals surface area contributed by atoms with Gasteiger partial charge in [0.05, 0.1) is 37.3 Å². The largest absolute Gasteiger partial charge is 0.521 e. The maximum atomic E-state index is 13.2. The quantitative estimate of drug-likeness (QED) is 0.470. The molecular formula is C25H19N4O5+. The van der Waals surface area contributed by atoms with Gasteiger partial charge in [0.2, 0.25) is 0 Å². The molecule has 5 heterocycles. The fourth-order valence-corrected chi connectivity index (χ4v) is 5.17. The van der Waals surface area contributed by atoms with Crippen LogP contribution in [0.4, 0.5) is 10.5 Å². The summed E-state index contributed by atoms with van der Waals surface area (Å²) in [4.78, 5) is 47.9. The SMILES string of the molecule is COC(=O)[N+]12CC=NC=C(C3=C(c4cncc5ccoc45)C(=O)NC3=O)c3cccc(c31)CC2. The van der Waals surface area contributed by atoms with Crippen molar-refractivity contribution in [3.05, 3.63) is 71.4 Å². The molecule has 1 unspecified atom stereocenters. The summed E-state index contributed by atoms with van der Waals surface area (Å²) in [7, 11) is 1.36. The molecule has 0 spiro atoms. The molecule has 0 fully saturated rings. The number of aliphatic imine (C=N–C) groups is 1. The van der Waals surface area contributed by atoms with Gasteiger partial charge in [0.25, 0.3) is 11.8 Å². The minimum absolute atomic E-state index is 0.0592. The van der Waals surface area contributed by atoms with Crippen molar-refractivity contribution in [2.45, 2.75) is 6.42 Å². The number of pyridine rings is 1. The fraction of sp³-hybridized carbons (Fsp3) is 0.160. The lowest BCUT2D eigenvalue weighted by atomic mass is 9.90. The van der Waals surface area contributed by atoms with Gasteiger partial charge in [0.1, 0.15) is 12.1 Å². The van der Waals surface area contributed by atoms with Crippen molar-refractivity contribution >= 4 is 51.9 Å². The molecule has 34 heavy (non-hydrogen) atoms. The summed E-state index contributed by atoms with van der Waals surface area (Å²) in [5, 5.41) is 3.12. The molecule has 0 radical (unpaired) electrons. The van der Waals surface area contributed by atoms with Gasteiger partial charge in [-0.25, -0.2) is 0 Å². The van der Waals surface area contributed by atoms with Gasteiger partial charge in [-0.3, -0.25) is 24.9 Å². The number of para-hydroxylation sites is 1. The number of hydrogen-bond donors (Lipinski definition) is 1. The number of ether oxygens (including phenoxy) is 1. The van der Waals surface area contributed by atoms with Crippen LogP contribution in [0.5, 0.6) is 0 Å². The molecule has 2 aromatic heterocycles. The van der Waals surface area contributed by atoms with Gasteiger partial charge in [-0.05, 0) is 12.1 Å². The molecule has 9 nitrogen and oxygen atoms in total. The highest BCUT2D eigenvalue weighted by Gasteiger charge is 2.49. The maximum absolute atomic E-state index is 13.2. The lowest BCUT2D eigenvalue weighted by Crippen LogP contribution is -2.54. The Morgan fingerprint density at radius 1 is 1.12 bits per heavy atom. The van der Waals surface area contributed by atoms with Gasteiger partial charge >= 0.3 is 6.09 Å². The monoisotopic (exact) mass is 455 g/mol. The molecule has 3 aliphatic rings. The number of imide groups is 1. The Labute approximate surface area is 193 Å². The van der Waals surface area contributed by atoms with E-state index in [-0.39, 0.29) is 15.6 Å². The summed E-state index contributed by atoms with van der Waals surface area (Å²) in [5.41, 5.74) is 4.06. The molecular weight excluding hydrogens is 436 g/mol. The summed E-state index contributed by atoms with van der Waals surface area (Å²) in [6, 6.07) is 7.45. The first-order valence-corrected chi connectivity index (χ1v) is 10.8. The van der Waals surface area contributed by atoms with E-state index in [0.717, 1.165) is 11.3 Å². The number of quaternary nitrogens is 1. The fourth-order valence-electron chi connectivity index (χ4n) is 5.17. The van der Waals surface area contributed by atoms with Crippen LogP contribution in [0.2, 0.25) is 0 Å². The van der Waals surface area contributed by atoms with E-state index in [9.17, 15) is 14.4 Å². The van der Waals surface area contributed by atoms with Crippen molar-refractivity contribution in [3.8, 4) is 0 Å². The number of aromatic nitrogens is 1. The molecule has 3 amide bonds. The summed E-state index contributed by atoms with van der Waals surface area (Å²) < 4.78 is 10.8. The van der Waals surface area contributed by atoms with E-state index in [1.807, 2.05) is 18.2 Å². The van der Waals surface area contributed by atoms with Crippen LogP contribution >= 0.6 is 0 Å². The van der Waals surface area contributed by atoms with Gasteiger partial charge in [-0.1, -0.05) is 12.1 Å². The van der Waals surface area contributed by atoms with E-state index in [1.165, 1.54) is 19.6 Å². The average Bonchev–Trinajstić information content (AvgIpc) is 3.53. The minimum atomic E-state index is -0.544. The lowest BCUT2D eigenvalue weighted by Gasteiger charge is -2.31. The number of carbonyl (C=O) groups is 3. The second-order valence-corrected chi connectivity index (χ2v) is 8.34. The second-order valence-electron chi connectivity index (χ2n) is 8.34. The first-order valence-electron chi connectivity index (χ1n) is 10.8. The van der Waals surface area contributed by atoms with Crippen molar-refractivity contribution in [1.29, 1.82) is 0 Å². The van der Waals surface area contributed by atoms with Gasteiger partial charge in [0.15, 0.2) is 5.69 Å². The Hall–Kier alpha value is -4.37. The molecule has 9 heteroatoms. The Balaban J connectivity index is 1.66. The van der Waals surface area contributed by atoms with E-state index in [1.54, 1.807) is 24.7 Å². The van der Waals surface area contributed by atoms with E-state index < -0.39 is 17.9 Å². The van der Waals surface area contributed by atoms with Crippen LogP contribution in [0.1, 0.15) is 16.7 Å². The zero-order valence-corrected chi connectivity index (χ0v) is 18.2. The van der Waals surface area contributed by atoms with Crippen molar-refractivity contribution in [1.82, 2.24) is 14.8 Å². The van der Waals surface area contributed by atoms with Crippen molar-refractivity contribution in [2.24, 2.45) is 4.99 Å². The molecule has 0 saturated heterocycles. The Morgan fingerprint density at radius 3 is 2.82 bits per heavy atom. The zero-order chi connectivity index (χ0) is 23.4. The second kappa shape index (κ2) is 7.32. The molecule has 1 N–H and O–H groups in total. The van der Waals surface area contributed by atoms with Gasteiger partial charge < -0.3 is 9.15 Å². The van der Waals surface area contributed by atoms with E-state index in [4.69, 9.17) is 9.15 Å². The van der Waals surface area contributed by atoms with Crippen molar-refractivity contribution in [3.63, 3.8) is 0 Å². The van der Waals surface area contributed by atoms with Gasteiger partial charge in [0, 0.05) is 52.7 Å². The van der Waals surface area contributed by atoms with Crippen LogP contribution in [0.3, 0.4) is 0 Å². The highest BCUT2D eigenvalue weighted by atomic mass is 16.5. The summed E-state index contributed by atoms with van der Waals surface area (Å²) >= 11 is 0. The molecule has 3 aromatic rings. The first-order chi connectivity index (χ1) is 16.5. The number of nitrogens with one attached hydrogen (secondary N) is 1. The van der Waals surface area contributed by atoms with Crippen molar-refractivity contribution in [2.75, 3.05) is 20.2 Å². The number of rotatable bonds is 2. The molecule has 1 atom stereocenters. The van der Waals surface area contributed by atoms with Gasteiger partial charge in [-0.15, -0.1) is 0 Å². The number of nitrogens with zero attached hydrogens (tertiary/aromatic N) is 3. The summed E-state index contributed by atoms with van der Waals surface area (Å²) in [5.74, 6) is -1.09. The topological polar surface area (TPSA) is 111 Å². The summed E-state index contributed by atoms with van der Waals surface area (Å²) in [6.45, 7) is 0.845. The Bertz CT molecular complexity index is 1510. The van der Waals surface area contributed by atoms with Crippen LogP contribution < -0.4 is 9.80 Å². The third-order valence-corrected chi connectivity index (χ3v) is 6.65. The van der Waals surface area contributed by atoms with Crippen LogP contribution in [-0.2, 0) is 20.7 Å². The molecule has 3 aliphatic heterocycles. The number of fused-ring (bicyclic) bond motifs is 1. The van der Waals surface area contributed by atoms with Crippen molar-refractivity contribution < 1.29 is 23.5 Å². The number of methoxy groups -OCH3 is 1. The van der Waals surface area contributed by atoms with E-state index in [2.05, 4.69) is 15.3 Å². The highest BCUT2D eigenvalue weighted by Crippen LogP contribution is 2.46. The standard InChI is InChI=1S/C25H18N4O5/c1-33-25(32)29-8-5-14-3-2-4-16(21(14)29)17(12-26-7-9-29)19-20(24(31)28-23(19)30)18-13-27-11-15-6-10-34-22(15)18/h2-4,6-7,10-13H,5,8-9H2,1H3/p+1. The lowest BCUT2D eigenvalue weighted by molar-refractivity contribution is -0.123. The van der Waals surface area contributed by atoms with E-state index in [0.29, 0.717) is 47.2 Å². The number of carbonyl (C=O) groups excluding carboxylic acids is 3. The van der Waals surface area contributed by atoms with Crippen LogP contribution in [0.25, 0.3) is 22.1 Å². The van der Waals surface area contributed by atoms with E-state index >= 15 is 0 Å². The number of furan rings is 1. The maximum Gasteiger partial charge on any atom is 0.521 e. The summed E-state index contributed by atoms with van der Waals surface area (Å²) in [6.07, 6.45) is 8.14. The van der Waals surface area contributed by atoms with Gasteiger partial charge in [-0.2, -0.15) is 9.28 Å². The number of benzene rings is 1. The minimum Gasteiger partial charge on any atom is -0.464 e. The first kappa shape index (κ1) is 20.3. The number of amides is 3. The normalized spacial score (nSPS) is 21.3. The average molecular weight is 455 g/mol. The smallest absolute Gasteiger partial charge is 0.464 e. The van der Waals surface area contributed by atoms with Crippen LogP contribution in [0, 0.1) is 0 Å². The third-order valence-electron chi connectivity index (χ3n) is 6.65. The predicted octanol–water partition coefficient (Wildman–Crippen LogP) is 2.99. The molecule has 1 aromatic carbocycles.